The van der Waals surface area contributed by atoms with Crippen molar-refractivity contribution in [1.82, 2.24) is 5.32 Å². The van der Waals surface area contributed by atoms with Gasteiger partial charge in [0.05, 0.1) is 0 Å². The number of rotatable bonds is 3. The number of para-hydroxylation sites is 1. The molecular formula is C43H25N3O2. The number of nitrogens with zero attached hydrogens (tertiary/aromatic N) is 2. The zero-order valence-corrected chi connectivity index (χ0v) is 25.6. The molecule has 9 aromatic rings. The Kier molecular flexibility index (Phi) is 5.10. The van der Waals surface area contributed by atoms with E-state index in [1.165, 1.54) is 27.6 Å². The molecule has 0 saturated heterocycles. The molecule has 0 spiro atoms. The minimum Gasteiger partial charge on any atom is -0.456 e. The Balaban J connectivity index is 1.07. The van der Waals surface area contributed by atoms with E-state index in [-0.39, 0.29) is 6.17 Å². The molecule has 224 valence electrons. The van der Waals surface area contributed by atoms with E-state index in [0.717, 1.165) is 71.8 Å². The van der Waals surface area contributed by atoms with Crippen LogP contribution in [0.3, 0.4) is 0 Å². The minimum absolute atomic E-state index is 0.360. The number of furan rings is 2. The Labute approximate surface area is 274 Å². The molecule has 0 amide bonds. The fourth-order valence-electron chi connectivity index (χ4n) is 7.64. The second-order valence-corrected chi connectivity index (χ2v) is 12.6. The lowest BCUT2D eigenvalue weighted by molar-refractivity contribution is 0.655. The standard InChI is InChI=1S/C43H25N3O2/c1-2-9-24(10-3-1)41-44-42(46-43(45-41)26-17-19-30-29-13-6-7-16-36(29)47-38(30)22-26)25-18-20-37-33(21-25)35-23-34-28-12-5-4-11-27(28)31-14-8-15-32(39(31)34)40(35)48-37/h1-23,43H,(H,44,45,46). The fraction of sp³-hybridized carbons (Fsp3) is 0.0233. The lowest BCUT2D eigenvalue weighted by atomic mass is 9.99. The Morgan fingerprint density at radius 2 is 1.23 bits per heavy atom. The van der Waals surface area contributed by atoms with Crippen LogP contribution in [0.15, 0.2) is 158 Å². The largest absolute Gasteiger partial charge is 0.456 e. The van der Waals surface area contributed by atoms with Crippen molar-refractivity contribution in [2.45, 2.75) is 6.17 Å². The first-order chi connectivity index (χ1) is 23.8. The Bertz CT molecular complexity index is 2870. The molecule has 5 nitrogen and oxygen atoms in total. The first kappa shape index (κ1) is 25.7. The SMILES string of the molecule is c1ccc(C2=NC(c3ccc4c(c3)oc3ccccc34)NC(c3ccc4oc5c6cccc7c6c(cc5c4c3)-c3ccccc3-7)=N2)cc1. The predicted octanol–water partition coefficient (Wildman–Crippen LogP) is 10.8. The van der Waals surface area contributed by atoms with Crippen LogP contribution < -0.4 is 5.32 Å². The topological polar surface area (TPSA) is 63.0 Å². The average molecular weight is 616 g/mol. The second-order valence-electron chi connectivity index (χ2n) is 12.6. The summed E-state index contributed by atoms with van der Waals surface area (Å²) in [6.45, 7) is 0. The predicted molar refractivity (Wildman–Crippen MR) is 195 cm³/mol. The molecule has 1 aliphatic heterocycles. The zero-order valence-electron chi connectivity index (χ0n) is 25.6. The molecular weight excluding hydrogens is 590 g/mol. The number of aliphatic imine (C=N–C) groups is 2. The van der Waals surface area contributed by atoms with Gasteiger partial charge in [0.25, 0.3) is 0 Å². The summed E-state index contributed by atoms with van der Waals surface area (Å²) in [5.74, 6) is 1.44. The van der Waals surface area contributed by atoms with Crippen LogP contribution in [0.1, 0.15) is 22.9 Å². The lowest BCUT2D eigenvalue weighted by Gasteiger charge is -2.23. The van der Waals surface area contributed by atoms with Crippen molar-refractivity contribution >= 4 is 66.3 Å². The maximum Gasteiger partial charge on any atom is 0.159 e. The smallest absolute Gasteiger partial charge is 0.159 e. The summed E-state index contributed by atoms with van der Waals surface area (Å²) in [5.41, 5.74) is 11.5. The van der Waals surface area contributed by atoms with Gasteiger partial charge in [0, 0.05) is 49.0 Å². The minimum atomic E-state index is -0.360. The van der Waals surface area contributed by atoms with Crippen LogP contribution in [-0.4, -0.2) is 11.7 Å². The summed E-state index contributed by atoms with van der Waals surface area (Å²) in [7, 11) is 0. The molecule has 0 saturated carbocycles. The van der Waals surface area contributed by atoms with E-state index >= 15 is 0 Å². The zero-order chi connectivity index (χ0) is 31.3. The molecule has 2 aromatic heterocycles. The average Bonchev–Trinajstić information content (AvgIpc) is 3.82. The molecule has 5 heteroatoms. The molecule has 0 fully saturated rings. The molecule has 1 aliphatic carbocycles. The highest BCUT2D eigenvalue weighted by atomic mass is 16.3. The third-order valence-corrected chi connectivity index (χ3v) is 9.87. The highest BCUT2D eigenvalue weighted by Crippen LogP contribution is 2.50. The van der Waals surface area contributed by atoms with E-state index in [1.54, 1.807) is 0 Å². The van der Waals surface area contributed by atoms with Crippen LogP contribution in [-0.2, 0) is 0 Å². The molecule has 11 rings (SSSR count). The quantitative estimate of drug-likeness (QED) is 0.215. The van der Waals surface area contributed by atoms with E-state index in [2.05, 4.69) is 108 Å². The third-order valence-electron chi connectivity index (χ3n) is 9.87. The van der Waals surface area contributed by atoms with Crippen molar-refractivity contribution in [3.05, 3.63) is 156 Å². The molecule has 1 N–H and O–H groups in total. The number of benzene rings is 7. The van der Waals surface area contributed by atoms with E-state index in [1.807, 2.05) is 36.4 Å². The van der Waals surface area contributed by atoms with Gasteiger partial charge in [-0.3, -0.25) is 0 Å². The van der Waals surface area contributed by atoms with Crippen molar-refractivity contribution < 1.29 is 8.83 Å². The van der Waals surface area contributed by atoms with Crippen LogP contribution in [0.2, 0.25) is 0 Å². The monoisotopic (exact) mass is 615 g/mol. The summed E-state index contributed by atoms with van der Waals surface area (Å²) >= 11 is 0. The fourth-order valence-corrected chi connectivity index (χ4v) is 7.64. The Morgan fingerprint density at radius 3 is 2.15 bits per heavy atom. The molecule has 0 radical (unpaired) electrons. The van der Waals surface area contributed by atoms with Gasteiger partial charge >= 0.3 is 0 Å². The summed E-state index contributed by atoms with van der Waals surface area (Å²) in [4.78, 5) is 10.2. The Hall–Kier alpha value is -6.46. The van der Waals surface area contributed by atoms with Crippen molar-refractivity contribution in [3.8, 4) is 22.3 Å². The van der Waals surface area contributed by atoms with Gasteiger partial charge in [-0.2, -0.15) is 0 Å². The number of hydrogen-bond acceptors (Lipinski definition) is 5. The first-order valence-electron chi connectivity index (χ1n) is 16.2. The number of fused-ring (bicyclic) bond motifs is 10. The van der Waals surface area contributed by atoms with Crippen molar-refractivity contribution in [2.75, 3.05) is 0 Å². The van der Waals surface area contributed by atoms with Crippen molar-refractivity contribution in [1.29, 1.82) is 0 Å². The molecule has 1 atom stereocenters. The molecule has 3 heterocycles. The van der Waals surface area contributed by atoms with Gasteiger partial charge in [-0.15, -0.1) is 0 Å². The molecule has 48 heavy (non-hydrogen) atoms. The van der Waals surface area contributed by atoms with Crippen molar-refractivity contribution in [3.63, 3.8) is 0 Å². The maximum absolute atomic E-state index is 6.60. The lowest BCUT2D eigenvalue weighted by Crippen LogP contribution is -2.33. The van der Waals surface area contributed by atoms with Crippen LogP contribution >= 0.6 is 0 Å². The number of nitrogens with one attached hydrogen (secondary N) is 1. The summed E-state index contributed by atoms with van der Waals surface area (Å²) in [6, 6.07) is 48.5. The summed E-state index contributed by atoms with van der Waals surface area (Å²) in [5, 5.41) is 10.4. The highest BCUT2D eigenvalue weighted by molar-refractivity contribution is 6.26. The van der Waals surface area contributed by atoms with Gasteiger partial charge in [0.2, 0.25) is 0 Å². The van der Waals surface area contributed by atoms with Gasteiger partial charge in [-0.05, 0) is 58.7 Å². The summed E-state index contributed by atoms with van der Waals surface area (Å²) < 4.78 is 12.8. The third kappa shape index (κ3) is 3.61. The van der Waals surface area contributed by atoms with Gasteiger partial charge in [0.1, 0.15) is 34.3 Å². The van der Waals surface area contributed by atoms with Crippen LogP contribution in [0.5, 0.6) is 0 Å². The molecule has 2 aliphatic rings. The number of hydrogen-bond donors (Lipinski definition) is 1. The normalized spacial score (nSPS) is 15.3. The van der Waals surface area contributed by atoms with Gasteiger partial charge in [-0.25, -0.2) is 9.98 Å². The van der Waals surface area contributed by atoms with Gasteiger partial charge in [0.15, 0.2) is 5.84 Å². The first-order valence-corrected chi connectivity index (χ1v) is 16.2. The van der Waals surface area contributed by atoms with E-state index in [9.17, 15) is 0 Å². The van der Waals surface area contributed by atoms with Crippen LogP contribution in [0.4, 0.5) is 0 Å². The van der Waals surface area contributed by atoms with Crippen molar-refractivity contribution in [2.24, 2.45) is 9.98 Å². The van der Waals surface area contributed by atoms with Crippen LogP contribution in [0, 0.1) is 0 Å². The number of amidine groups is 2. The Morgan fingerprint density at radius 1 is 0.479 bits per heavy atom. The second kappa shape index (κ2) is 9.53. The molecule has 7 aromatic carbocycles. The maximum atomic E-state index is 6.60. The van der Waals surface area contributed by atoms with Gasteiger partial charge < -0.3 is 14.2 Å². The highest BCUT2D eigenvalue weighted by Gasteiger charge is 2.26. The van der Waals surface area contributed by atoms with Crippen LogP contribution in [0.25, 0.3) is 76.9 Å². The van der Waals surface area contributed by atoms with E-state index in [0.29, 0.717) is 5.84 Å². The van der Waals surface area contributed by atoms with E-state index in [4.69, 9.17) is 18.8 Å². The molecule has 1 unspecified atom stereocenters. The molecule has 0 bridgehead atoms. The van der Waals surface area contributed by atoms with E-state index < -0.39 is 0 Å². The van der Waals surface area contributed by atoms with Gasteiger partial charge in [-0.1, -0.05) is 103 Å². The summed E-state index contributed by atoms with van der Waals surface area (Å²) in [6.07, 6.45) is -0.360.